The molecule has 0 N–H and O–H groups in total. The zero-order valence-corrected chi connectivity index (χ0v) is 18.4. The third-order valence-corrected chi connectivity index (χ3v) is 10.5. The van der Waals surface area contributed by atoms with E-state index < -0.39 is 17.5 Å². The van der Waals surface area contributed by atoms with Crippen molar-refractivity contribution >= 4 is 28.5 Å². The van der Waals surface area contributed by atoms with Crippen LogP contribution in [0.25, 0.3) is 0 Å². The molecule has 0 aromatic heterocycles. The van der Waals surface area contributed by atoms with E-state index in [1.807, 2.05) is 42.5 Å². The normalized spacial score (nSPS) is 12.5. The van der Waals surface area contributed by atoms with E-state index in [0.717, 1.165) is 5.30 Å². The van der Waals surface area contributed by atoms with Crippen LogP contribution in [0.2, 0.25) is 0 Å². The van der Waals surface area contributed by atoms with E-state index in [0.29, 0.717) is 5.56 Å². The molecule has 0 radical (unpaired) electrons. The van der Waals surface area contributed by atoms with Crippen LogP contribution in [0, 0.1) is 10.2 Å². The van der Waals surface area contributed by atoms with Crippen LogP contribution >= 0.6 is 7.26 Å². The molecule has 0 fully saturated rings. The van der Waals surface area contributed by atoms with Gasteiger partial charge in [-0.3, -0.25) is 0 Å². The Balaban J connectivity index is 1.91. The molecule has 0 unspecified atom stereocenters. The summed E-state index contributed by atoms with van der Waals surface area (Å²) in [5.41, 5.74) is 0.618. The Bertz CT molecular complexity index is 1000. The van der Waals surface area contributed by atoms with E-state index >= 15 is 0 Å². The van der Waals surface area contributed by atoms with Gasteiger partial charge >= 0.3 is 184 Å². The molecule has 0 aliphatic heterocycles. The Kier molecular flexibility index (Phi) is 6.49. The van der Waals surface area contributed by atoms with E-state index in [2.05, 4.69) is 77.1 Å². The zero-order chi connectivity index (χ0) is 21.7. The molecule has 0 heterocycles. The monoisotopic (exact) mass is 452 g/mol. The summed E-state index contributed by atoms with van der Waals surface area (Å²) in [7, 11) is -7.06. The fourth-order valence-corrected chi connectivity index (χ4v) is 9.05. The summed E-state index contributed by atoms with van der Waals surface area (Å²) in [4.78, 5) is 0. The fraction of sp³-hybridized carbons (Fsp3) is 0.0400. The molecule has 0 saturated carbocycles. The molecule has 31 heavy (non-hydrogen) atoms. The molecule has 0 bridgehead atoms. The van der Waals surface area contributed by atoms with Gasteiger partial charge < -0.3 is 0 Å². The molecule has 0 amide bonds. The van der Waals surface area contributed by atoms with Gasteiger partial charge in [-0.15, -0.1) is 0 Å². The molecule has 0 aliphatic rings. The maximum absolute atomic E-state index is 10.8. The van der Waals surface area contributed by atoms with Crippen LogP contribution in [0.4, 0.5) is 0 Å². The number of benzene rings is 4. The van der Waals surface area contributed by atoms with E-state index in [1.165, 1.54) is 15.9 Å². The van der Waals surface area contributed by atoms with Crippen LogP contribution in [0.5, 0.6) is 0 Å². The summed E-state index contributed by atoms with van der Waals surface area (Å²) >= 11 is 0. The minimum atomic E-state index is -4.45. The van der Waals surface area contributed by atoms with Crippen LogP contribution in [-0.4, -0.2) is 0 Å². The Hall–Kier alpha value is -2.56. The quantitative estimate of drug-likeness (QED) is 0.381. The Morgan fingerprint density at radius 3 is 1.23 bits per heavy atom. The molecule has 0 saturated heterocycles. The predicted octanol–water partition coefficient (Wildman–Crippen LogP) is 0.452. The molecular weight excluding hydrogens is 431 g/mol. The van der Waals surface area contributed by atoms with Crippen molar-refractivity contribution in [2.45, 2.75) is 6.61 Å². The van der Waals surface area contributed by atoms with Gasteiger partial charge in [0.1, 0.15) is 0 Å². The van der Waals surface area contributed by atoms with E-state index in [-0.39, 0.29) is 6.61 Å². The van der Waals surface area contributed by atoms with Crippen molar-refractivity contribution in [3.8, 4) is 0 Å². The molecule has 0 aliphatic carbocycles. The number of rotatable bonds is 7. The molecule has 4 nitrogen and oxygen atoms in total. The van der Waals surface area contributed by atoms with E-state index in [1.54, 1.807) is 0 Å². The van der Waals surface area contributed by atoms with E-state index in [9.17, 15) is 14.0 Å². The van der Waals surface area contributed by atoms with Crippen molar-refractivity contribution in [3.63, 3.8) is 0 Å². The average Bonchev–Trinajstić information content (AvgIpc) is 2.81. The molecule has 158 valence electrons. The molecule has 0 spiro atoms. The number of hydrogen-bond donors (Lipinski definition) is 0. The fourth-order valence-electron chi connectivity index (χ4n) is 4.05. The van der Waals surface area contributed by atoms with Crippen molar-refractivity contribution in [2.75, 3.05) is 0 Å². The molecule has 4 rings (SSSR count). The summed E-state index contributed by atoms with van der Waals surface area (Å²) < 4.78 is 36.8. The Morgan fingerprint density at radius 2 is 0.871 bits per heavy atom. The van der Waals surface area contributed by atoms with Crippen molar-refractivity contribution in [1.29, 1.82) is 0 Å². The van der Waals surface area contributed by atoms with Crippen LogP contribution in [0.15, 0.2) is 115 Å². The van der Waals surface area contributed by atoms with Gasteiger partial charge in [-0.05, 0) is 0 Å². The molecule has 6 heteroatoms. The van der Waals surface area contributed by atoms with Crippen LogP contribution in [0.3, 0.4) is 0 Å². The summed E-state index contributed by atoms with van der Waals surface area (Å²) in [5.74, 6) is 0. The van der Waals surface area contributed by atoms with Gasteiger partial charge in [-0.25, -0.2) is 0 Å². The first kappa shape index (κ1) is 21.7. The summed E-state index contributed by atoms with van der Waals surface area (Å²) in [5, 5.41) is 4.90. The first-order valence-electron chi connectivity index (χ1n) is 9.81. The average molecular weight is 453 g/mol. The SMILES string of the molecule is [O-][Cl+3]([O-])([O-])OCc1ccc([PH](c2ccccc2)(c2ccccc2)c2ccccc2)cc1. The Morgan fingerprint density at radius 1 is 0.516 bits per heavy atom. The third-order valence-electron chi connectivity index (χ3n) is 5.36. The summed E-state index contributed by atoms with van der Waals surface area (Å²) in [6, 6.07) is 39.1. The first-order chi connectivity index (χ1) is 15.0. The predicted molar refractivity (Wildman–Crippen MR) is 117 cm³/mol. The molecule has 0 atom stereocenters. The Labute approximate surface area is 184 Å². The topological polar surface area (TPSA) is 78.4 Å². The second-order valence-corrected chi connectivity index (χ2v) is 12.0. The van der Waals surface area contributed by atoms with Gasteiger partial charge in [0.25, 0.3) is 0 Å². The van der Waals surface area contributed by atoms with Crippen molar-refractivity contribution in [2.24, 2.45) is 0 Å². The van der Waals surface area contributed by atoms with Gasteiger partial charge in [0, 0.05) is 0 Å². The molecular formula is C25H22ClO4P. The number of hydrogen-bond acceptors (Lipinski definition) is 4. The van der Waals surface area contributed by atoms with Gasteiger partial charge in [0.05, 0.1) is 0 Å². The van der Waals surface area contributed by atoms with Crippen molar-refractivity contribution < 1.29 is 28.5 Å². The van der Waals surface area contributed by atoms with Crippen LogP contribution < -0.4 is 35.2 Å². The number of halogens is 1. The maximum atomic E-state index is 10.8. The van der Waals surface area contributed by atoms with Crippen molar-refractivity contribution in [1.82, 2.24) is 0 Å². The van der Waals surface area contributed by atoms with Gasteiger partial charge in [-0.2, -0.15) is 0 Å². The van der Waals surface area contributed by atoms with Crippen molar-refractivity contribution in [3.05, 3.63) is 121 Å². The van der Waals surface area contributed by atoms with Gasteiger partial charge in [0.15, 0.2) is 0 Å². The van der Waals surface area contributed by atoms with E-state index in [4.69, 9.17) is 0 Å². The van der Waals surface area contributed by atoms with Gasteiger partial charge in [0.2, 0.25) is 0 Å². The van der Waals surface area contributed by atoms with Crippen LogP contribution in [-0.2, 0) is 10.9 Å². The second kappa shape index (κ2) is 9.29. The van der Waals surface area contributed by atoms with Crippen LogP contribution in [0.1, 0.15) is 5.56 Å². The molecule has 4 aromatic carbocycles. The van der Waals surface area contributed by atoms with Gasteiger partial charge in [-0.1, -0.05) is 0 Å². The standard InChI is InChI=1S/C25H22ClO4P/c27-26(28,29)30-20-21-16-18-25(19-17-21)31(22-10-4-1-5-11-22,23-12-6-2-7-13-23)24-14-8-3-9-15-24/h1-19,31H,20H2. The first-order valence-corrected chi connectivity index (χ1v) is 13.0. The third kappa shape index (κ3) is 4.70. The minimum absolute atomic E-state index is 0.287. The summed E-state index contributed by atoms with van der Waals surface area (Å²) in [6.45, 7) is -0.287. The zero-order valence-electron chi connectivity index (χ0n) is 16.7. The molecule has 4 aromatic rings. The summed E-state index contributed by atoms with van der Waals surface area (Å²) in [6.07, 6.45) is 0. The second-order valence-electron chi connectivity index (χ2n) is 7.18.